The second-order valence-corrected chi connectivity index (χ2v) is 5.01. The number of hydrogen-bond acceptors (Lipinski definition) is 3. The first-order chi connectivity index (χ1) is 9.33. The highest BCUT2D eigenvalue weighted by Gasteiger charge is 2.13. The van der Waals surface area contributed by atoms with E-state index in [1.54, 1.807) is 0 Å². The molecule has 1 aromatic heterocycles. The van der Waals surface area contributed by atoms with Gasteiger partial charge >= 0.3 is 0 Å². The first-order valence-corrected chi connectivity index (χ1v) is 6.75. The van der Waals surface area contributed by atoms with Gasteiger partial charge in [-0.2, -0.15) is 0 Å². The monoisotopic (exact) mass is 258 g/mol. The Morgan fingerprint density at radius 3 is 3.11 bits per heavy atom. The van der Waals surface area contributed by atoms with Gasteiger partial charge in [0.15, 0.2) is 0 Å². The van der Waals surface area contributed by atoms with E-state index < -0.39 is 0 Å². The molecule has 1 saturated heterocycles. The number of H-pyrrole nitrogens is 1. The number of aromatic nitrogens is 1. The Hall–Kier alpha value is -1.65. The molecular formula is C15H18N2O2. The summed E-state index contributed by atoms with van der Waals surface area (Å²) in [6, 6.07) is 10.2. The third-order valence-electron chi connectivity index (χ3n) is 3.57. The maximum Gasteiger partial charge on any atom is 0.252 e. The van der Waals surface area contributed by atoms with Crippen molar-refractivity contribution in [2.75, 3.05) is 13.2 Å². The average molecular weight is 258 g/mol. The van der Waals surface area contributed by atoms with Crippen molar-refractivity contribution in [3.8, 4) is 0 Å². The van der Waals surface area contributed by atoms with E-state index in [9.17, 15) is 4.79 Å². The van der Waals surface area contributed by atoms with Crippen LogP contribution in [0.25, 0.3) is 10.9 Å². The number of rotatable bonds is 3. The quantitative estimate of drug-likeness (QED) is 0.882. The Kier molecular flexibility index (Phi) is 3.62. The minimum atomic E-state index is -0.0112. The van der Waals surface area contributed by atoms with Crippen LogP contribution in [0.5, 0.6) is 0 Å². The molecule has 19 heavy (non-hydrogen) atoms. The van der Waals surface area contributed by atoms with E-state index in [-0.39, 0.29) is 5.56 Å². The normalized spacial score (nSPS) is 19.7. The van der Waals surface area contributed by atoms with Gasteiger partial charge < -0.3 is 15.0 Å². The fraction of sp³-hybridized carbons (Fsp3) is 0.400. The fourth-order valence-electron chi connectivity index (χ4n) is 2.48. The van der Waals surface area contributed by atoms with E-state index in [1.165, 1.54) is 0 Å². The third-order valence-corrected chi connectivity index (χ3v) is 3.57. The summed E-state index contributed by atoms with van der Waals surface area (Å²) in [7, 11) is 0. The predicted octanol–water partition coefficient (Wildman–Crippen LogP) is 1.80. The molecule has 4 nitrogen and oxygen atoms in total. The topological polar surface area (TPSA) is 54.1 Å². The maximum absolute atomic E-state index is 12.0. The second kappa shape index (κ2) is 5.55. The lowest BCUT2D eigenvalue weighted by atomic mass is 10.1. The third kappa shape index (κ3) is 2.85. The largest absolute Gasteiger partial charge is 0.380 e. The zero-order chi connectivity index (χ0) is 13.1. The van der Waals surface area contributed by atoms with E-state index in [4.69, 9.17) is 4.74 Å². The molecule has 2 aromatic rings. The smallest absolute Gasteiger partial charge is 0.252 e. The zero-order valence-electron chi connectivity index (χ0n) is 10.8. The summed E-state index contributed by atoms with van der Waals surface area (Å²) in [5.74, 6) is 0. The van der Waals surface area contributed by atoms with Crippen molar-refractivity contribution < 1.29 is 4.74 Å². The van der Waals surface area contributed by atoms with Gasteiger partial charge in [-0.1, -0.05) is 18.2 Å². The summed E-state index contributed by atoms with van der Waals surface area (Å²) in [4.78, 5) is 14.9. The Labute approximate surface area is 111 Å². The highest BCUT2D eigenvalue weighted by Crippen LogP contribution is 2.11. The summed E-state index contributed by atoms with van der Waals surface area (Å²) >= 11 is 0. The number of aromatic amines is 1. The van der Waals surface area contributed by atoms with Gasteiger partial charge in [-0.3, -0.25) is 4.79 Å². The van der Waals surface area contributed by atoms with E-state index in [0.29, 0.717) is 12.6 Å². The van der Waals surface area contributed by atoms with Crippen molar-refractivity contribution in [1.82, 2.24) is 10.3 Å². The van der Waals surface area contributed by atoms with Crippen LogP contribution in [0.4, 0.5) is 0 Å². The van der Waals surface area contributed by atoms with Gasteiger partial charge in [-0.05, 0) is 30.4 Å². The van der Waals surface area contributed by atoms with Crippen molar-refractivity contribution in [3.05, 3.63) is 46.2 Å². The lowest BCUT2D eigenvalue weighted by Gasteiger charge is -2.23. The molecule has 0 bridgehead atoms. The van der Waals surface area contributed by atoms with Crippen molar-refractivity contribution in [3.63, 3.8) is 0 Å². The number of pyridine rings is 1. The standard InChI is InChI=1S/C15H18N2O2/c18-15-12(9-16-13-5-3-7-19-10-13)8-11-4-1-2-6-14(11)17-15/h1-2,4,6,8,13,16H,3,5,7,9-10H2,(H,17,18)/t13-/m0/s1. The minimum absolute atomic E-state index is 0.0112. The van der Waals surface area contributed by atoms with Crippen molar-refractivity contribution in [2.45, 2.75) is 25.4 Å². The lowest BCUT2D eigenvalue weighted by molar-refractivity contribution is 0.0699. The van der Waals surface area contributed by atoms with Crippen LogP contribution in [-0.2, 0) is 11.3 Å². The van der Waals surface area contributed by atoms with Crippen LogP contribution in [0.2, 0.25) is 0 Å². The molecule has 1 fully saturated rings. The SMILES string of the molecule is O=c1[nH]c2ccccc2cc1CN[C@H]1CCCOC1. The molecule has 0 amide bonds. The van der Waals surface area contributed by atoms with Crippen LogP contribution in [0.15, 0.2) is 35.1 Å². The predicted molar refractivity (Wildman–Crippen MR) is 75.2 cm³/mol. The highest BCUT2D eigenvalue weighted by molar-refractivity contribution is 5.78. The summed E-state index contributed by atoms with van der Waals surface area (Å²) in [5, 5.41) is 4.47. The molecule has 100 valence electrons. The first kappa shape index (κ1) is 12.4. The lowest BCUT2D eigenvalue weighted by Crippen LogP contribution is -2.37. The molecule has 0 radical (unpaired) electrons. The van der Waals surface area contributed by atoms with Crippen molar-refractivity contribution in [1.29, 1.82) is 0 Å². The van der Waals surface area contributed by atoms with Gasteiger partial charge in [0.2, 0.25) is 0 Å². The molecule has 4 heteroatoms. The summed E-state index contributed by atoms with van der Waals surface area (Å²) in [6.45, 7) is 2.19. The van der Waals surface area contributed by atoms with Crippen molar-refractivity contribution in [2.24, 2.45) is 0 Å². The van der Waals surface area contributed by atoms with E-state index in [0.717, 1.165) is 42.5 Å². The van der Waals surface area contributed by atoms with Crippen LogP contribution in [-0.4, -0.2) is 24.2 Å². The molecule has 3 rings (SSSR count). The molecule has 2 N–H and O–H groups in total. The molecule has 1 atom stereocenters. The van der Waals surface area contributed by atoms with Crippen LogP contribution < -0.4 is 10.9 Å². The fourth-order valence-corrected chi connectivity index (χ4v) is 2.48. The maximum atomic E-state index is 12.0. The highest BCUT2D eigenvalue weighted by atomic mass is 16.5. The van der Waals surface area contributed by atoms with E-state index in [2.05, 4.69) is 10.3 Å². The Morgan fingerprint density at radius 1 is 1.37 bits per heavy atom. The van der Waals surface area contributed by atoms with Gasteiger partial charge in [-0.15, -0.1) is 0 Å². The summed E-state index contributed by atoms with van der Waals surface area (Å²) in [6.07, 6.45) is 2.21. The molecule has 0 unspecified atom stereocenters. The second-order valence-electron chi connectivity index (χ2n) is 5.01. The van der Waals surface area contributed by atoms with Crippen LogP contribution in [0.3, 0.4) is 0 Å². The van der Waals surface area contributed by atoms with Crippen molar-refractivity contribution >= 4 is 10.9 Å². The Morgan fingerprint density at radius 2 is 2.26 bits per heavy atom. The molecule has 1 aliphatic rings. The number of hydrogen-bond donors (Lipinski definition) is 2. The average Bonchev–Trinajstić information content (AvgIpc) is 2.46. The van der Waals surface area contributed by atoms with Gasteiger partial charge in [-0.25, -0.2) is 0 Å². The van der Waals surface area contributed by atoms with Crippen LogP contribution in [0.1, 0.15) is 18.4 Å². The summed E-state index contributed by atoms with van der Waals surface area (Å²) in [5.41, 5.74) is 1.66. The van der Waals surface area contributed by atoms with Gasteiger partial charge in [0.1, 0.15) is 0 Å². The Balaban J connectivity index is 1.76. The summed E-state index contributed by atoms with van der Waals surface area (Å²) < 4.78 is 5.42. The van der Waals surface area contributed by atoms with E-state index in [1.807, 2.05) is 30.3 Å². The van der Waals surface area contributed by atoms with E-state index >= 15 is 0 Å². The Bertz CT molecular complexity index is 615. The number of nitrogens with one attached hydrogen (secondary N) is 2. The molecule has 1 aromatic carbocycles. The van der Waals surface area contributed by atoms with Crippen LogP contribution >= 0.6 is 0 Å². The molecule has 0 spiro atoms. The van der Waals surface area contributed by atoms with Gasteiger partial charge in [0.25, 0.3) is 5.56 Å². The molecule has 2 heterocycles. The number of ether oxygens (including phenoxy) is 1. The van der Waals surface area contributed by atoms with Crippen LogP contribution in [0, 0.1) is 0 Å². The van der Waals surface area contributed by atoms with Gasteiger partial charge in [0.05, 0.1) is 6.61 Å². The van der Waals surface area contributed by atoms with Gasteiger partial charge in [0, 0.05) is 30.3 Å². The molecule has 1 aliphatic heterocycles. The molecule has 0 aliphatic carbocycles. The molecular weight excluding hydrogens is 240 g/mol. The number of benzene rings is 1. The zero-order valence-corrected chi connectivity index (χ0v) is 10.8. The number of para-hydroxylation sites is 1. The minimum Gasteiger partial charge on any atom is -0.380 e. The first-order valence-electron chi connectivity index (χ1n) is 6.75. The molecule has 0 saturated carbocycles. The number of fused-ring (bicyclic) bond motifs is 1.